The first-order chi connectivity index (χ1) is 50.6. The van der Waals surface area contributed by atoms with Gasteiger partial charge in [-0.05, 0) is 208 Å². The molecule has 0 aliphatic carbocycles. The maximum absolute atomic E-state index is 2.47. The lowest BCUT2D eigenvalue weighted by atomic mass is 9.84. The standard InChI is InChI=1S/C100H62S2/c1-3-18-63(19-4-1)65-44-52-73(53-45-65)96-82-25-8-7-24-81(82)95(85-58-56-76(61-89(85)96)79-30-16-34-93-99(79)87-28-11-13-32-91(87)101-93)72-50-46-70(47-51-72)68-40-36-66(37-41-68)67-38-42-69(43-39-67)71-48-54-74(55-49-71)97-83-26-9-10-27-84(83)98(78-23-15-22-75(60-78)64-20-5-2-6-21-64)86-59-57-77(62-90(86)97)80-31-17-35-94-100(80)88-29-12-14-33-92(88)102-94/h1-62H. The van der Waals surface area contributed by atoms with Crippen molar-refractivity contribution < 1.29 is 0 Å². The zero-order chi connectivity index (χ0) is 67.2. The van der Waals surface area contributed by atoms with E-state index in [1.807, 2.05) is 22.7 Å². The normalized spacial score (nSPS) is 11.7. The highest BCUT2D eigenvalue weighted by molar-refractivity contribution is 7.26. The van der Waals surface area contributed by atoms with E-state index in [0.29, 0.717) is 0 Å². The Balaban J connectivity index is 0.623. The smallest absolute Gasteiger partial charge is 0.0361 e. The Hall–Kier alpha value is -12.6. The van der Waals surface area contributed by atoms with Gasteiger partial charge in [-0.3, -0.25) is 0 Å². The summed E-state index contributed by atoms with van der Waals surface area (Å²) in [6.07, 6.45) is 0. The largest absolute Gasteiger partial charge is 0.135 e. The SMILES string of the molecule is c1ccc(-c2ccc(-c3c4ccccc4c(-c4ccc(-c5ccc(-c6ccc(-c7ccc(-c8c9ccccc9c(-c9cccc(-c%10ccccc%10)c9)c9ccc(-c%10cccc%11sc%12ccccc%12c%10%11)cc89)cc7)cc6)cc5)cc4)c4ccc(-c5cccc6sc7ccccc7c56)cc34)cc2)cc1. The van der Waals surface area contributed by atoms with E-state index in [4.69, 9.17) is 0 Å². The van der Waals surface area contributed by atoms with E-state index < -0.39 is 0 Å². The van der Waals surface area contributed by atoms with Gasteiger partial charge >= 0.3 is 0 Å². The molecule has 0 nitrogen and oxygen atoms in total. The van der Waals surface area contributed by atoms with Gasteiger partial charge in [0.05, 0.1) is 0 Å². The average molecular weight is 1330 g/mol. The van der Waals surface area contributed by atoms with Crippen molar-refractivity contribution in [1.29, 1.82) is 0 Å². The topological polar surface area (TPSA) is 0 Å². The van der Waals surface area contributed by atoms with Crippen LogP contribution in [0.15, 0.2) is 376 Å². The second-order valence-electron chi connectivity index (χ2n) is 26.9. The van der Waals surface area contributed by atoms with Gasteiger partial charge in [0.2, 0.25) is 0 Å². The van der Waals surface area contributed by atoms with Crippen LogP contribution < -0.4 is 0 Å². The Morgan fingerprint density at radius 2 is 0.373 bits per heavy atom. The molecule has 0 unspecified atom stereocenters. The van der Waals surface area contributed by atoms with Crippen molar-refractivity contribution in [2.24, 2.45) is 0 Å². The summed E-state index contributed by atoms with van der Waals surface area (Å²) in [4.78, 5) is 0. The average Bonchev–Trinajstić information content (AvgIpc) is 0.821. The summed E-state index contributed by atoms with van der Waals surface area (Å²) in [7, 11) is 0. The molecule has 18 aromatic carbocycles. The molecule has 0 aliphatic heterocycles. The van der Waals surface area contributed by atoms with Crippen LogP contribution in [-0.4, -0.2) is 0 Å². The third kappa shape index (κ3) is 10.2. The third-order valence-corrected chi connectivity index (χ3v) is 23.4. The van der Waals surface area contributed by atoms with E-state index in [2.05, 4.69) is 376 Å². The maximum Gasteiger partial charge on any atom is 0.0361 e. The summed E-state index contributed by atoms with van der Waals surface area (Å²) in [6.45, 7) is 0. The van der Waals surface area contributed by atoms with Gasteiger partial charge < -0.3 is 0 Å². The fourth-order valence-electron chi connectivity index (χ4n) is 16.3. The quantitative estimate of drug-likeness (QED) is 0.113. The number of benzene rings is 18. The van der Waals surface area contributed by atoms with Gasteiger partial charge in [0.15, 0.2) is 0 Å². The summed E-state index contributed by atoms with van der Waals surface area (Å²) in [5, 5.41) is 15.2. The molecule has 0 atom stereocenters. The summed E-state index contributed by atoms with van der Waals surface area (Å²) in [5.74, 6) is 0. The van der Waals surface area contributed by atoms with Gasteiger partial charge in [0.1, 0.15) is 0 Å². The Bertz CT molecular complexity index is 6660. The monoisotopic (exact) mass is 1330 g/mol. The molecule has 102 heavy (non-hydrogen) atoms. The van der Waals surface area contributed by atoms with Crippen molar-refractivity contribution in [3.8, 4) is 122 Å². The fourth-order valence-corrected chi connectivity index (χ4v) is 18.5. The van der Waals surface area contributed by atoms with Gasteiger partial charge in [-0.25, -0.2) is 0 Å². The first-order valence-corrected chi connectivity index (χ1v) is 36.7. The van der Waals surface area contributed by atoms with E-state index in [1.165, 1.54) is 206 Å². The second kappa shape index (κ2) is 24.7. The van der Waals surface area contributed by atoms with Crippen LogP contribution in [0, 0.1) is 0 Å². The summed E-state index contributed by atoms with van der Waals surface area (Å²) >= 11 is 3.75. The van der Waals surface area contributed by atoms with E-state index in [9.17, 15) is 0 Å². The molecule has 0 saturated heterocycles. The van der Waals surface area contributed by atoms with Gasteiger partial charge in [0, 0.05) is 40.3 Å². The van der Waals surface area contributed by atoms with E-state index in [-0.39, 0.29) is 0 Å². The highest BCUT2D eigenvalue weighted by Gasteiger charge is 2.23. The van der Waals surface area contributed by atoms with Gasteiger partial charge in [-0.2, -0.15) is 0 Å². The van der Waals surface area contributed by atoms with Crippen LogP contribution in [0.1, 0.15) is 0 Å². The third-order valence-electron chi connectivity index (χ3n) is 21.1. The minimum atomic E-state index is 1.18. The molecular weight excluding hydrogens is 1270 g/mol. The van der Waals surface area contributed by atoms with Gasteiger partial charge in [-0.1, -0.05) is 334 Å². The lowest BCUT2D eigenvalue weighted by molar-refractivity contribution is 1.57. The molecule has 0 amide bonds. The Morgan fingerprint density at radius 1 is 0.127 bits per heavy atom. The molecule has 0 saturated carbocycles. The second-order valence-corrected chi connectivity index (χ2v) is 29.0. The summed E-state index contributed by atoms with van der Waals surface area (Å²) in [6, 6.07) is 140. The zero-order valence-corrected chi connectivity index (χ0v) is 57.2. The zero-order valence-electron chi connectivity index (χ0n) is 55.6. The van der Waals surface area contributed by atoms with E-state index in [0.717, 1.165) is 0 Å². The Morgan fingerprint density at radius 3 is 0.755 bits per heavy atom. The van der Waals surface area contributed by atoms with Crippen LogP contribution in [0.3, 0.4) is 0 Å². The summed E-state index contributed by atoms with van der Waals surface area (Å²) < 4.78 is 5.24. The number of rotatable bonds is 11. The van der Waals surface area contributed by atoms with Gasteiger partial charge in [0.25, 0.3) is 0 Å². The molecule has 0 fully saturated rings. The highest BCUT2D eigenvalue weighted by atomic mass is 32.1. The molecule has 0 spiro atoms. The number of hydrogen-bond acceptors (Lipinski definition) is 2. The van der Waals surface area contributed by atoms with E-state index in [1.54, 1.807) is 0 Å². The van der Waals surface area contributed by atoms with Crippen LogP contribution in [0.25, 0.3) is 206 Å². The minimum absolute atomic E-state index is 1.18. The molecular formula is C100H62S2. The molecule has 0 radical (unpaired) electrons. The predicted molar refractivity (Wildman–Crippen MR) is 442 cm³/mol. The lowest BCUT2D eigenvalue weighted by Gasteiger charge is -2.19. The van der Waals surface area contributed by atoms with Crippen LogP contribution in [0.2, 0.25) is 0 Å². The van der Waals surface area contributed by atoms with Crippen LogP contribution in [0.4, 0.5) is 0 Å². The number of thiophene rings is 2. The summed E-state index contributed by atoms with van der Waals surface area (Å²) in [5.41, 5.74) is 26.7. The Labute approximate surface area is 600 Å². The van der Waals surface area contributed by atoms with Crippen molar-refractivity contribution in [3.63, 3.8) is 0 Å². The van der Waals surface area contributed by atoms with Gasteiger partial charge in [-0.15, -0.1) is 22.7 Å². The van der Waals surface area contributed by atoms with Crippen molar-refractivity contribution in [1.82, 2.24) is 0 Å². The lowest BCUT2D eigenvalue weighted by Crippen LogP contribution is -1.92. The van der Waals surface area contributed by atoms with E-state index >= 15 is 0 Å². The number of fused-ring (bicyclic) bond motifs is 10. The van der Waals surface area contributed by atoms with Crippen molar-refractivity contribution in [2.75, 3.05) is 0 Å². The molecule has 2 aromatic heterocycles. The Kier molecular flexibility index (Phi) is 14.4. The van der Waals surface area contributed by atoms with Crippen molar-refractivity contribution in [2.45, 2.75) is 0 Å². The molecule has 0 bridgehead atoms. The molecule has 20 rings (SSSR count). The van der Waals surface area contributed by atoms with Crippen LogP contribution in [0.5, 0.6) is 0 Å². The highest BCUT2D eigenvalue weighted by Crippen LogP contribution is 2.50. The molecule has 0 aliphatic rings. The molecule has 20 aromatic rings. The van der Waals surface area contributed by atoms with Crippen molar-refractivity contribution >= 4 is 106 Å². The molecule has 474 valence electrons. The molecule has 0 N–H and O–H groups in total. The maximum atomic E-state index is 2.47. The predicted octanol–water partition coefficient (Wildman–Crippen LogP) is 29.4. The minimum Gasteiger partial charge on any atom is -0.135 e. The molecule has 2 heteroatoms. The first kappa shape index (κ1) is 59.5. The van der Waals surface area contributed by atoms with Crippen LogP contribution in [-0.2, 0) is 0 Å². The number of hydrogen-bond donors (Lipinski definition) is 0. The van der Waals surface area contributed by atoms with Crippen molar-refractivity contribution in [3.05, 3.63) is 376 Å². The fraction of sp³-hybridized carbons (Fsp3) is 0. The molecule has 2 heterocycles. The van der Waals surface area contributed by atoms with Crippen LogP contribution >= 0.6 is 22.7 Å². The first-order valence-electron chi connectivity index (χ1n) is 35.1.